The molecular formula is C11H20N2O3. The summed E-state index contributed by atoms with van der Waals surface area (Å²) in [5, 5.41) is 11.8. The van der Waals surface area contributed by atoms with Crippen molar-refractivity contribution in [3.63, 3.8) is 0 Å². The fourth-order valence-electron chi connectivity index (χ4n) is 2.09. The van der Waals surface area contributed by atoms with Crippen LogP contribution in [0.2, 0.25) is 0 Å². The Morgan fingerprint density at radius 3 is 2.44 bits per heavy atom. The SMILES string of the molecule is CC(CN)CC(=O)NC1(C(=O)O)CCCC1. The number of rotatable bonds is 5. The predicted octanol–water partition coefficient (Wildman–Crippen LogP) is 0.485. The summed E-state index contributed by atoms with van der Waals surface area (Å²) in [7, 11) is 0. The van der Waals surface area contributed by atoms with Gasteiger partial charge in [0.1, 0.15) is 5.54 Å². The van der Waals surface area contributed by atoms with E-state index >= 15 is 0 Å². The summed E-state index contributed by atoms with van der Waals surface area (Å²) in [6.07, 6.45) is 3.08. The van der Waals surface area contributed by atoms with Gasteiger partial charge in [-0.05, 0) is 25.3 Å². The Labute approximate surface area is 95.4 Å². The van der Waals surface area contributed by atoms with Gasteiger partial charge >= 0.3 is 5.97 Å². The van der Waals surface area contributed by atoms with E-state index in [0.29, 0.717) is 25.8 Å². The third-order valence-corrected chi connectivity index (χ3v) is 3.18. The van der Waals surface area contributed by atoms with Crippen LogP contribution in [0.15, 0.2) is 0 Å². The number of hydrogen-bond acceptors (Lipinski definition) is 3. The lowest BCUT2D eigenvalue weighted by Gasteiger charge is -2.25. The molecular weight excluding hydrogens is 208 g/mol. The second kappa shape index (κ2) is 5.30. The van der Waals surface area contributed by atoms with Crippen LogP contribution in [0.25, 0.3) is 0 Å². The van der Waals surface area contributed by atoms with Gasteiger partial charge in [-0.2, -0.15) is 0 Å². The number of hydrogen-bond donors (Lipinski definition) is 3. The molecule has 0 heterocycles. The molecule has 0 aliphatic heterocycles. The van der Waals surface area contributed by atoms with Gasteiger partial charge in [0.15, 0.2) is 0 Å². The maximum absolute atomic E-state index is 11.6. The van der Waals surface area contributed by atoms with Crippen molar-refractivity contribution < 1.29 is 14.7 Å². The minimum absolute atomic E-state index is 0.0900. The quantitative estimate of drug-likeness (QED) is 0.638. The number of carbonyl (C=O) groups is 2. The molecule has 1 aliphatic carbocycles. The lowest BCUT2D eigenvalue weighted by atomic mass is 9.97. The molecule has 0 aromatic heterocycles. The van der Waals surface area contributed by atoms with E-state index in [1.165, 1.54) is 0 Å². The topological polar surface area (TPSA) is 92.4 Å². The van der Waals surface area contributed by atoms with Crippen molar-refractivity contribution >= 4 is 11.9 Å². The zero-order valence-electron chi connectivity index (χ0n) is 9.66. The van der Waals surface area contributed by atoms with Crippen molar-refractivity contribution in [1.82, 2.24) is 5.32 Å². The lowest BCUT2D eigenvalue weighted by Crippen LogP contribution is -2.52. The summed E-state index contributed by atoms with van der Waals surface area (Å²) in [5.41, 5.74) is 4.40. The van der Waals surface area contributed by atoms with Gasteiger partial charge in [-0.1, -0.05) is 19.8 Å². The fourth-order valence-corrected chi connectivity index (χ4v) is 2.09. The van der Waals surface area contributed by atoms with E-state index in [1.807, 2.05) is 6.92 Å². The van der Waals surface area contributed by atoms with Crippen molar-refractivity contribution in [2.24, 2.45) is 11.7 Å². The molecule has 0 bridgehead atoms. The van der Waals surface area contributed by atoms with Crippen LogP contribution in [0, 0.1) is 5.92 Å². The first-order valence-corrected chi connectivity index (χ1v) is 5.74. The Morgan fingerprint density at radius 2 is 2.00 bits per heavy atom. The van der Waals surface area contributed by atoms with Crippen LogP contribution < -0.4 is 11.1 Å². The Hall–Kier alpha value is -1.10. The van der Waals surface area contributed by atoms with Crippen molar-refractivity contribution in [2.45, 2.75) is 44.6 Å². The second-order valence-electron chi connectivity index (χ2n) is 4.69. The van der Waals surface area contributed by atoms with E-state index in [-0.39, 0.29) is 11.8 Å². The maximum Gasteiger partial charge on any atom is 0.329 e. The summed E-state index contributed by atoms with van der Waals surface area (Å²) in [6, 6.07) is 0. The van der Waals surface area contributed by atoms with E-state index < -0.39 is 11.5 Å². The standard InChI is InChI=1S/C11H20N2O3/c1-8(7-12)6-9(14)13-11(10(15)16)4-2-3-5-11/h8H,2-7,12H2,1H3,(H,13,14)(H,15,16). The van der Waals surface area contributed by atoms with Gasteiger partial charge in [0.2, 0.25) is 5.91 Å². The molecule has 5 heteroatoms. The third-order valence-electron chi connectivity index (χ3n) is 3.18. The van der Waals surface area contributed by atoms with Gasteiger partial charge in [-0.3, -0.25) is 4.79 Å². The van der Waals surface area contributed by atoms with Crippen LogP contribution in [-0.2, 0) is 9.59 Å². The van der Waals surface area contributed by atoms with Crippen LogP contribution >= 0.6 is 0 Å². The molecule has 0 spiro atoms. The molecule has 0 aromatic rings. The van der Waals surface area contributed by atoms with Crippen LogP contribution in [0.5, 0.6) is 0 Å². The number of carbonyl (C=O) groups excluding carboxylic acids is 1. The summed E-state index contributed by atoms with van der Waals surface area (Å²) in [6.45, 7) is 2.31. The highest BCUT2D eigenvalue weighted by molar-refractivity contribution is 5.87. The predicted molar refractivity (Wildman–Crippen MR) is 59.8 cm³/mol. The average molecular weight is 228 g/mol. The Balaban J connectivity index is 2.56. The third kappa shape index (κ3) is 2.95. The van der Waals surface area contributed by atoms with Crippen LogP contribution in [0.4, 0.5) is 0 Å². The second-order valence-corrected chi connectivity index (χ2v) is 4.69. The molecule has 1 unspecified atom stereocenters. The molecule has 16 heavy (non-hydrogen) atoms. The molecule has 1 saturated carbocycles. The minimum atomic E-state index is -1.02. The number of carboxylic acids is 1. The number of aliphatic carboxylic acids is 1. The average Bonchev–Trinajstić information content (AvgIpc) is 2.67. The van der Waals surface area contributed by atoms with E-state index in [4.69, 9.17) is 10.8 Å². The first kappa shape index (κ1) is 13.0. The van der Waals surface area contributed by atoms with Gasteiger partial charge in [-0.15, -0.1) is 0 Å². The molecule has 0 aromatic carbocycles. The molecule has 1 fully saturated rings. The van der Waals surface area contributed by atoms with Crippen molar-refractivity contribution in [3.8, 4) is 0 Å². The monoisotopic (exact) mass is 228 g/mol. The summed E-state index contributed by atoms with van der Waals surface area (Å²) in [4.78, 5) is 22.8. The largest absolute Gasteiger partial charge is 0.480 e. The first-order valence-electron chi connectivity index (χ1n) is 5.74. The van der Waals surface area contributed by atoms with Gasteiger partial charge < -0.3 is 16.2 Å². The Bertz CT molecular complexity index is 272. The maximum atomic E-state index is 11.6. The Morgan fingerprint density at radius 1 is 1.44 bits per heavy atom. The normalized spacial score (nSPS) is 20.4. The molecule has 1 atom stereocenters. The van der Waals surface area contributed by atoms with E-state index in [0.717, 1.165) is 12.8 Å². The number of carboxylic acid groups (broad SMARTS) is 1. The number of nitrogens with two attached hydrogens (primary N) is 1. The summed E-state index contributed by atoms with van der Waals surface area (Å²) < 4.78 is 0. The smallest absolute Gasteiger partial charge is 0.329 e. The lowest BCUT2D eigenvalue weighted by molar-refractivity contribution is -0.147. The molecule has 5 nitrogen and oxygen atoms in total. The van der Waals surface area contributed by atoms with Crippen LogP contribution in [0.3, 0.4) is 0 Å². The molecule has 0 saturated heterocycles. The van der Waals surface area contributed by atoms with Crippen LogP contribution in [-0.4, -0.2) is 29.1 Å². The van der Waals surface area contributed by atoms with E-state index in [1.54, 1.807) is 0 Å². The highest BCUT2D eigenvalue weighted by atomic mass is 16.4. The zero-order valence-corrected chi connectivity index (χ0v) is 9.66. The van der Waals surface area contributed by atoms with Crippen molar-refractivity contribution in [2.75, 3.05) is 6.54 Å². The molecule has 4 N–H and O–H groups in total. The minimum Gasteiger partial charge on any atom is -0.480 e. The summed E-state index contributed by atoms with van der Waals surface area (Å²) in [5.74, 6) is -1.03. The van der Waals surface area contributed by atoms with Gasteiger partial charge in [0.25, 0.3) is 0 Å². The molecule has 1 amide bonds. The first-order chi connectivity index (χ1) is 7.50. The van der Waals surface area contributed by atoms with Crippen molar-refractivity contribution in [3.05, 3.63) is 0 Å². The van der Waals surface area contributed by atoms with E-state index in [2.05, 4.69) is 5.32 Å². The Kier molecular flexibility index (Phi) is 4.29. The fraction of sp³-hybridized carbons (Fsp3) is 0.818. The molecule has 1 aliphatic rings. The number of amides is 1. The highest BCUT2D eigenvalue weighted by Crippen LogP contribution is 2.30. The van der Waals surface area contributed by atoms with Crippen LogP contribution in [0.1, 0.15) is 39.0 Å². The van der Waals surface area contributed by atoms with E-state index in [9.17, 15) is 9.59 Å². The zero-order chi connectivity index (χ0) is 12.2. The van der Waals surface area contributed by atoms with Crippen molar-refractivity contribution in [1.29, 1.82) is 0 Å². The number of nitrogens with one attached hydrogen (secondary N) is 1. The van der Waals surface area contributed by atoms with Gasteiger partial charge in [-0.25, -0.2) is 4.79 Å². The van der Waals surface area contributed by atoms with Gasteiger partial charge in [0, 0.05) is 6.42 Å². The molecule has 0 radical (unpaired) electrons. The molecule has 1 rings (SSSR count). The highest BCUT2D eigenvalue weighted by Gasteiger charge is 2.42. The molecule has 92 valence electrons. The van der Waals surface area contributed by atoms with Gasteiger partial charge in [0.05, 0.1) is 0 Å². The summed E-state index contributed by atoms with van der Waals surface area (Å²) >= 11 is 0.